The molecule has 7 heteroatoms. The number of anilines is 1. The molecule has 0 bridgehead atoms. The lowest BCUT2D eigenvalue weighted by molar-refractivity contribution is -0.125. The summed E-state index contributed by atoms with van der Waals surface area (Å²) in [5.74, 6) is -0.0913. The minimum Gasteiger partial charge on any atom is -0.381 e. The number of amides is 1. The van der Waals surface area contributed by atoms with Crippen LogP contribution in [0.3, 0.4) is 0 Å². The Balaban J connectivity index is 1.83. The average molecular weight is 417 g/mol. The molecule has 156 valence electrons. The topological polar surface area (TPSA) is 75.7 Å². The molecule has 6 nitrogen and oxygen atoms in total. The molecular weight excluding hydrogens is 388 g/mol. The molecule has 1 saturated heterocycles. The van der Waals surface area contributed by atoms with Crippen LogP contribution in [0.2, 0.25) is 0 Å². The molecule has 1 aliphatic heterocycles. The Kier molecular flexibility index (Phi) is 6.72. The van der Waals surface area contributed by atoms with Crippen molar-refractivity contribution >= 4 is 21.6 Å². The molecule has 1 amide bonds. The molecule has 0 aliphatic carbocycles. The van der Waals surface area contributed by atoms with Crippen LogP contribution in [0, 0.1) is 0 Å². The number of rotatable bonds is 7. The lowest BCUT2D eigenvalue weighted by atomic mass is 9.73. The smallest absolute Gasteiger partial charge is 0.243 e. The van der Waals surface area contributed by atoms with Crippen LogP contribution in [0.15, 0.2) is 59.5 Å². The third kappa shape index (κ3) is 4.37. The van der Waals surface area contributed by atoms with Crippen LogP contribution in [-0.4, -0.2) is 44.9 Å². The van der Waals surface area contributed by atoms with Gasteiger partial charge in [-0.2, -0.15) is 4.31 Å². The molecule has 0 aromatic heterocycles. The Bertz CT molecular complexity index is 917. The van der Waals surface area contributed by atoms with Gasteiger partial charge in [0.15, 0.2) is 0 Å². The van der Waals surface area contributed by atoms with Gasteiger partial charge in [-0.1, -0.05) is 44.2 Å². The van der Waals surface area contributed by atoms with E-state index in [1.165, 1.54) is 4.31 Å². The summed E-state index contributed by atoms with van der Waals surface area (Å²) in [5.41, 5.74) is 0.905. The monoisotopic (exact) mass is 416 g/mol. The van der Waals surface area contributed by atoms with Crippen LogP contribution in [-0.2, 0) is 25.0 Å². The van der Waals surface area contributed by atoms with Gasteiger partial charge in [0.05, 0.1) is 10.3 Å². The van der Waals surface area contributed by atoms with Gasteiger partial charge < -0.3 is 10.1 Å². The van der Waals surface area contributed by atoms with E-state index in [1.807, 2.05) is 44.2 Å². The molecule has 2 aromatic rings. The van der Waals surface area contributed by atoms with Gasteiger partial charge in [0.2, 0.25) is 15.9 Å². The first-order valence-electron chi connectivity index (χ1n) is 9.99. The molecule has 3 rings (SSSR count). The SMILES string of the molecule is CCN(CC)S(=O)(=O)c1ccc(NC(=O)C2(c3ccccc3)CCOCC2)cc1. The van der Waals surface area contributed by atoms with Crippen molar-refractivity contribution in [2.75, 3.05) is 31.6 Å². The maximum atomic E-state index is 13.3. The van der Waals surface area contributed by atoms with Crippen LogP contribution in [0.5, 0.6) is 0 Å². The second-order valence-electron chi connectivity index (χ2n) is 7.13. The van der Waals surface area contributed by atoms with E-state index in [0.717, 1.165) is 5.56 Å². The van der Waals surface area contributed by atoms with E-state index in [1.54, 1.807) is 24.3 Å². The molecule has 1 heterocycles. The van der Waals surface area contributed by atoms with Crippen LogP contribution >= 0.6 is 0 Å². The molecule has 2 aromatic carbocycles. The molecule has 0 radical (unpaired) electrons. The van der Waals surface area contributed by atoms with Gasteiger partial charge in [0.25, 0.3) is 0 Å². The third-order valence-corrected chi connectivity index (χ3v) is 7.63. The second kappa shape index (κ2) is 9.07. The molecule has 0 saturated carbocycles. The van der Waals surface area contributed by atoms with E-state index in [4.69, 9.17) is 4.74 Å². The van der Waals surface area contributed by atoms with Crippen molar-refractivity contribution in [1.82, 2.24) is 4.31 Å². The zero-order valence-electron chi connectivity index (χ0n) is 16.9. The van der Waals surface area contributed by atoms with Crippen LogP contribution in [0.1, 0.15) is 32.3 Å². The number of benzene rings is 2. The van der Waals surface area contributed by atoms with Crippen molar-refractivity contribution in [3.63, 3.8) is 0 Å². The summed E-state index contributed by atoms with van der Waals surface area (Å²) in [6.07, 6.45) is 1.22. The number of hydrogen-bond donors (Lipinski definition) is 1. The van der Waals surface area contributed by atoms with Crippen molar-refractivity contribution in [3.8, 4) is 0 Å². The van der Waals surface area contributed by atoms with Crippen LogP contribution in [0.4, 0.5) is 5.69 Å². The molecule has 0 atom stereocenters. The van der Waals surface area contributed by atoms with Crippen LogP contribution in [0.25, 0.3) is 0 Å². The highest BCUT2D eigenvalue weighted by atomic mass is 32.2. The van der Waals surface area contributed by atoms with Gasteiger partial charge in [-0.25, -0.2) is 8.42 Å². The Morgan fingerprint density at radius 2 is 1.59 bits per heavy atom. The fraction of sp³-hybridized carbons (Fsp3) is 0.409. The standard InChI is InChI=1S/C22H28N2O4S/c1-3-24(4-2)29(26,27)20-12-10-19(11-13-20)23-21(25)22(14-16-28-17-15-22)18-8-6-5-7-9-18/h5-13H,3-4,14-17H2,1-2H3,(H,23,25). The van der Waals surface area contributed by atoms with E-state index in [0.29, 0.717) is 44.8 Å². The van der Waals surface area contributed by atoms with E-state index < -0.39 is 15.4 Å². The van der Waals surface area contributed by atoms with Gasteiger partial charge in [-0.15, -0.1) is 0 Å². The second-order valence-corrected chi connectivity index (χ2v) is 9.07. The Labute approximate surface area is 172 Å². The number of nitrogens with zero attached hydrogens (tertiary/aromatic N) is 1. The lowest BCUT2D eigenvalue weighted by Gasteiger charge is -2.36. The quantitative estimate of drug-likeness (QED) is 0.751. The highest BCUT2D eigenvalue weighted by Gasteiger charge is 2.41. The van der Waals surface area contributed by atoms with Gasteiger partial charge in [-0.05, 0) is 42.7 Å². The van der Waals surface area contributed by atoms with Gasteiger partial charge >= 0.3 is 0 Å². The maximum Gasteiger partial charge on any atom is 0.243 e. The van der Waals surface area contributed by atoms with Crippen molar-refractivity contribution < 1.29 is 17.9 Å². The lowest BCUT2D eigenvalue weighted by Crippen LogP contribution is -2.44. The fourth-order valence-corrected chi connectivity index (χ4v) is 5.26. The zero-order valence-corrected chi connectivity index (χ0v) is 17.7. The molecule has 1 fully saturated rings. The first-order valence-corrected chi connectivity index (χ1v) is 11.4. The van der Waals surface area contributed by atoms with Crippen LogP contribution < -0.4 is 5.32 Å². The molecule has 0 spiro atoms. The first kappa shape index (κ1) is 21.5. The summed E-state index contributed by atoms with van der Waals surface area (Å²) in [6.45, 7) is 5.52. The van der Waals surface area contributed by atoms with Crippen molar-refractivity contribution in [2.45, 2.75) is 37.0 Å². The first-order chi connectivity index (χ1) is 13.9. The van der Waals surface area contributed by atoms with Crippen molar-refractivity contribution in [3.05, 3.63) is 60.2 Å². The molecule has 1 N–H and O–H groups in total. The van der Waals surface area contributed by atoms with Crippen molar-refractivity contribution in [2.24, 2.45) is 0 Å². The van der Waals surface area contributed by atoms with E-state index in [2.05, 4.69) is 5.32 Å². The normalized spacial score (nSPS) is 16.5. The number of sulfonamides is 1. The van der Waals surface area contributed by atoms with Gasteiger partial charge in [-0.3, -0.25) is 4.79 Å². The number of ether oxygens (including phenoxy) is 1. The average Bonchev–Trinajstić information content (AvgIpc) is 2.76. The number of carbonyl (C=O) groups is 1. The largest absolute Gasteiger partial charge is 0.381 e. The summed E-state index contributed by atoms with van der Waals surface area (Å²) in [4.78, 5) is 13.5. The minimum absolute atomic E-state index is 0.0913. The predicted molar refractivity (Wildman–Crippen MR) is 113 cm³/mol. The highest BCUT2D eigenvalue weighted by molar-refractivity contribution is 7.89. The van der Waals surface area contributed by atoms with E-state index >= 15 is 0 Å². The van der Waals surface area contributed by atoms with E-state index in [-0.39, 0.29) is 10.8 Å². The van der Waals surface area contributed by atoms with Gasteiger partial charge in [0, 0.05) is 32.0 Å². The summed E-state index contributed by atoms with van der Waals surface area (Å²) in [7, 11) is -3.52. The third-order valence-electron chi connectivity index (χ3n) is 5.56. The highest BCUT2D eigenvalue weighted by Crippen LogP contribution is 2.36. The van der Waals surface area contributed by atoms with E-state index in [9.17, 15) is 13.2 Å². The minimum atomic E-state index is -3.52. The Morgan fingerprint density at radius 3 is 2.14 bits per heavy atom. The number of hydrogen-bond acceptors (Lipinski definition) is 4. The summed E-state index contributed by atoms with van der Waals surface area (Å²) >= 11 is 0. The molecular formula is C22H28N2O4S. The predicted octanol–water partition coefficient (Wildman–Crippen LogP) is 3.40. The Morgan fingerprint density at radius 1 is 1.00 bits per heavy atom. The molecule has 1 aliphatic rings. The summed E-state index contributed by atoms with van der Waals surface area (Å²) < 4.78 is 32.2. The number of nitrogens with one attached hydrogen (secondary N) is 1. The van der Waals surface area contributed by atoms with Gasteiger partial charge in [0.1, 0.15) is 0 Å². The summed E-state index contributed by atoms with van der Waals surface area (Å²) in [6, 6.07) is 16.1. The number of carbonyl (C=O) groups excluding carboxylic acids is 1. The maximum absolute atomic E-state index is 13.3. The fourth-order valence-electron chi connectivity index (χ4n) is 3.80. The zero-order chi connectivity index (χ0) is 20.9. The Hall–Kier alpha value is -2.22. The molecule has 29 heavy (non-hydrogen) atoms. The van der Waals surface area contributed by atoms with Crippen molar-refractivity contribution in [1.29, 1.82) is 0 Å². The summed E-state index contributed by atoms with van der Waals surface area (Å²) in [5, 5.41) is 2.98. The molecule has 0 unspecified atom stereocenters.